The average Bonchev–Trinajstić information content (AvgIpc) is 2.56. The van der Waals surface area contributed by atoms with Crippen molar-refractivity contribution in [3.63, 3.8) is 0 Å². The highest BCUT2D eigenvalue weighted by Gasteiger charge is 2.10. The summed E-state index contributed by atoms with van der Waals surface area (Å²) in [4.78, 5) is 12.8. The lowest BCUT2D eigenvalue weighted by Crippen LogP contribution is -2.25. The maximum atomic E-state index is 12.8. The highest BCUT2D eigenvalue weighted by atomic mass is 32.2. The molecule has 0 aliphatic carbocycles. The van der Waals surface area contributed by atoms with E-state index in [0.29, 0.717) is 18.5 Å². The maximum absolute atomic E-state index is 12.8. The Balaban J connectivity index is 1.88. The number of halogens is 1. The van der Waals surface area contributed by atoms with Crippen LogP contribution in [0, 0.1) is 5.82 Å². The van der Waals surface area contributed by atoms with E-state index in [-0.39, 0.29) is 17.0 Å². The summed E-state index contributed by atoms with van der Waals surface area (Å²) in [5, 5.41) is 2.87. The molecule has 1 atom stereocenters. The smallest absolute Gasteiger partial charge is 0.251 e. The molecule has 2 aromatic carbocycles. The van der Waals surface area contributed by atoms with Crippen LogP contribution in [-0.4, -0.2) is 21.9 Å². The van der Waals surface area contributed by atoms with Gasteiger partial charge in [-0.15, -0.1) is 0 Å². The highest BCUT2D eigenvalue weighted by molar-refractivity contribution is 7.85. The van der Waals surface area contributed by atoms with Crippen molar-refractivity contribution in [2.75, 3.05) is 6.54 Å². The lowest BCUT2D eigenvalue weighted by molar-refractivity contribution is 0.0954. The minimum atomic E-state index is -1.05. The van der Waals surface area contributed by atoms with Crippen molar-refractivity contribution < 1.29 is 13.4 Å². The second kappa shape index (κ2) is 8.02. The molecule has 0 unspecified atom stereocenters. The molecule has 0 saturated carbocycles. The van der Waals surface area contributed by atoms with E-state index >= 15 is 0 Å². The molecular weight excluding hydrogens is 313 g/mol. The zero-order chi connectivity index (χ0) is 16.8. The minimum absolute atomic E-state index is 0.0467. The molecule has 1 N–H and O–H groups in total. The fraction of sp³-hybridized carbons (Fsp3) is 0.278. The van der Waals surface area contributed by atoms with Gasteiger partial charge in [0.05, 0.1) is 10.8 Å². The Labute approximate surface area is 138 Å². The van der Waals surface area contributed by atoms with E-state index in [1.54, 1.807) is 36.4 Å². The number of benzene rings is 2. The summed E-state index contributed by atoms with van der Waals surface area (Å²) in [6.07, 6.45) is 0.640. The number of nitrogens with one attached hydrogen (secondary N) is 1. The van der Waals surface area contributed by atoms with Gasteiger partial charge in [0.15, 0.2) is 0 Å². The van der Waals surface area contributed by atoms with Crippen molar-refractivity contribution in [2.45, 2.75) is 30.4 Å². The van der Waals surface area contributed by atoms with Crippen LogP contribution in [0.3, 0.4) is 0 Å². The Bertz CT molecular complexity index is 681. The summed E-state index contributed by atoms with van der Waals surface area (Å²) in [6, 6.07) is 13.0. The Hall–Kier alpha value is -2.01. The lowest BCUT2D eigenvalue weighted by atomic mass is 10.1. The van der Waals surface area contributed by atoms with Gasteiger partial charge < -0.3 is 5.32 Å². The van der Waals surface area contributed by atoms with Gasteiger partial charge >= 0.3 is 0 Å². The van der Waals surface area contributed by atoms with Crippen LogP contribution in [0.5, 0.6) is 0 Å². The summed E-state index contributed by atoms with van der Waals surface area (Å²) < 4.78 is 24.8. The van der Waals surface area contributed by atoms with Gasteiger partial charge in [0, 0.05) is 22.3 Å². The Kier molecular flexibility index (Phi) is 6.04. The number of hydrogen-bond acceptors (Lipinski definition) is 2. The second-order valence-corrected chi connectivity index (χ2v) is 7.51. The van der Waals surface area contributed by atoms with Crippen LogP contribution < -0.4 is 5.32 Å². The normalized spacial score (nSPS) is 12.2. The summed E-state index contributed by atoms with van der Waals surface area (Å²) in [7, 11) is -1.05. The number of carbonyl (C=O) groups excluding carboxylic acids is 1. The lowest BCUT2D eigenvalue weighted by Gasteiger charge is -2.08. The van der Waals surface area contributed by atoms with Crippen LogP contribution >= 0.6 is 0 Å². The van der Waals surface area contributed by atoms with Crippen LogP contribution in [0.15, 0.2) is 53.4 Å². The molecule has 0 bridgehead atoms. The highest BCUT2D eigenvalue weighted by Crippen LogP contribution is 2.12. The van der Waals surface area contributed by atoms with Gasteiger partial charge in [0.1, 0.15) is 5.82 Å². The molecule has 1 amide bonds. The second-order valence-electron chi connectivity index (χ2n) is 5.50. The molecule has 2 rings (SSSR count). The first-order chi connectivity index (χ1) is 11.0. The molecule has 0 spiro atoms. The van der Waals surface area contributed by atoms with Crippen molar-refractivity contribution in [3.05, 3.63) is 65.5 Å². The Morgan fingerprint density at radius 2 is 1.70 bits per heavy atom. The SMILES string of the molecule is CC(C)[S@@](=O)c1ccc(C(=O)NCCc2ccc(F)cc2)cc1. The zero-order valence-electron chi connectivity index (χ0n) is 13.2. The van der Waals surface area contributed by atoms with E-state index < -0.39 is 10.8 Å². The molecule has 3 nitrogen and oxygen atoms in total. The monoisotopic (exact) mass is 333 g/mol. The molecule has 0 heterocycles. The van der Waals surface area contributed by atoms with Crippen molar-refractivity contribution >= 4 is 16.7 Å². The minimum Gasteiger partial charge on any atom is -0.352 e. The molecular formula is C18H20FNO2S. The first-order valence-electron chi connectivity index (χ1n) is 7.50. The molecule has 0 saturated heterocycles. The van der Waals surface area contributed by atoms with Gasteiger partial charge in [0.2, 0.25) is 0 Å². The average molecular weight is 333 g/mol. The van der Waals surface area contributed by atoms with Gasteiger partial charge in [0.25, 0.3) is 5.91 Å². The number of carbonyl (C=O) groups is 1. The van der Waals surface area contributed by atoms with Crippen molar-refractivity contribution in [3.8, 4) is 0 Å². The van der Waals surface area contributed by atoms with E-state index in [1.807, 2.05) is 13.8 Å². The van der Waals surface area contributed by atoms with Crippen molar-refractivity contribution in [2.24, 2.45) is 0 Å². The number of amides is 1. The molecule has 0 fully saturated rings. The van der Waals surface area contributed by atoms with E-state index in [4.69, 9.17) is 0 Å². The Morgan fingerprint density at radius 1 is 1.09 bits per heavy atom. The van der Waals surface area contributed by atoms with E-state index in [2.05, 4.69) is 5.32 Å². The molecule has 122 valence electrons. The molecule has 0 radical (unpaired) electrons. The molecule has 23 heavy (non-hydrogen) atoms. The topological polar surface area (TPSA) is 46.2 Å². The van der Waals surface area contributed by atoms with Gasteiger partial charge in [-0.2, -0.15) is 0 Å². The first kappa shape index (κ1) is 17.3. The first-order valence-corrected chi connectivity index (χ1v) is 8.72. The fourth-order valence-electron chi connectivity index (χ4n) is 2.09. The summed E-state index contributed by atoms with van der Waals surface area (Å²) in [5.74, 6) is -0.439. The van der Waals surface area contributed by atoms with E-state index in [1.165, 1.54) is 12.1 Å². The quantitative estimate of drug-likeness (QED) is 0.881. The summed E-state index contributed by atoms with van der Waals surface area (Å²) in [5.41, 5.74) is 1.50. The molecule has 0 aliphatic rings. The van der Waals surface area contributed by atoms with Crippen LogP contribution in [0.25, 0.3) is 0 Å². The molecule has 0 aromatic heterocycles. The van der Waals surface area contributed by atoms with Gasteiger partial charge in [-0.3, -0.25) is 9.00 Å². The number of rotatable bonds is 6. The maximum Gasteiger partial charge on any atom is 0.251 e. The third-order valence-electron chi connectivity index (χ3n) is 3.39. The van der Waals surface area contributed by atoms with Crippen LogP contribution in [0.4, 0.5) is 4.39 Å². The predicted molar refractivity (Wildman–Crippen MR) is 90.4 cm³/mol. The van der Waals surface area contributed by atoms with Crippen LogP contribution in [0.2, 0.25) is 0 Å². The zero-order valence-corrected chi connectivity index (χ0v) is 14.0. The van der Waals surface area contributed by atoms with Crippen molar-refractivity contribution in [1.82, 2.24) is 5.32 Å². The van der Waals surface area contributed by atoms with E-state index in [0.717, 1.165) is 10.5 Å². The van der Waals surface area contributed by atoms with Gasteiger partial charge in [-0.25, -0.2) is 4.39 Å². The predicted octanol–water partition coefficient (Wildman–Crippen LogP) is 3.31. The van der Waals surface area contributed by atoms with Gasteiger partial charge in [-0.05, 0) is 48.4 Å². The largest absolute Gasteiger partial charge is 0.352 e. The standard InChI is InChI=1S/C18H20FNO2S/c1-13(2)23(22)17-9-5-15(6-10-17)18(21)20-12-11-14-3-7-16(19)8-4-14/h3-10,13H,11-12H2,1-2H3,(H,20,21)/t23-/m1/s1. The third kappa shape index (κ3) is 4.99. The third-order valence-corrected chi connectivity index (χ3v) is 4.98. The molecule has 5 heteroatoms. The van der Waals surface area contributed by atoms with Gasteiger partial charge in [-0.1, -0.05) is 26.0 Å². The van der Waals surface area contributed by atoms with E-state index in [9.17, 15) is 13.4 Å². The van der Waals surface area contributed by atoms with Crippen LogP contribution in [-0.2, 0) is 17.2 Å². The summed E-state index contributed by atoms with van der Waals surface area (Å²) >= 11 is 0. The molecule has 2 aromatic rings. The fourth-order valence-corrected chi connectivity index (χ4v) is 3.03. The number of hydrogen-bond donors (Lipinski definition) is 1. The van der Waals surface area contributed by atoms with Crippen molar-refractivity contribution in [1.29, 1.82) is 0 Å². The molecule has 0 aliphatic heterocycles. The summed E-state index contributed by atoms with van der Waals surface area (Å²) in [6.45, 7) is 4.27. The Morgan fingerprint density at radius 3 is 2.26 bits per heavy atom. The van der Waals surface area contributed by atoms with Crippen LogP contribution in [0.1, 0.15) is 29.8 Å².